The molecule has 1 saturated carbocycles. The predicted molar refractivity (Wildman–Crippen MR) is 106 cm³/mol. The van der Waals surface area contributed by atoms with Crippen LogP contribution in [0.3, 0.4) is 0 Å². The van der Waals surface area contributed by atoms with Crippen molar-refractivity contribution < 1.29 is 19.1 Å². The molecule has 0 bridgehead atoms. The molecule has 1 aromatic rings. The van der Waals surface area contributed by atoms with Gasteiger partial charge in [-0.25, -0.2) is 4.79 Å². The zero-order chi connectivity index (χ0) is 19.6. The van der Waals surface area contributed by atoms with E-state index in [0.717, 1.165) is 24.2 Å². The minimum atomic E-state index is -0.540. The number of hydrogen-bond donors (Lipinski definition) is 1. The molecule has 5 heteroatoms. The molecule has 0 radical (unpaired) electrons. The second kappa shape index (κ2) is 10.6. The summed E-state index contributed by atoms with van der Waals surface area (Å²) in [6.07, 6.45) is 7.94. The first-order chi connectivity index (χ1) is 13.0. The molecule has 3 atom stereocenters. The van der Waals surface area contributed by atoms with Crippen molar-refractivity contribution in [3.8, 4) is 5.75 Å². The number of amides is 1. The molecule has 1 N–H and O–H groups in total. The van der Waals surface area contributed by atoms with Crippen LogP contribution < -0.4 is 10.1 Å². The molecular weight excluding hydrogens is 342 g/mol. The van der Waals surface area contributed by atoms with Crippen molar-refractivity contribution in [2.45, 2.75) is 39.2 Å². The Morgan fingerprint density at radius 3 is 2.67 bits per heavy atom. The average Bonchev–Trinajstić information content (AvgIpc) is 2.67. The minimum absolute atomic E-state index is 0.164. The summed E-state index contributed by atoms with van der Waals surface area (Å²) >= 11 is 0. The van der Waals surface area contributed by atoms with Gasteiger partial charge in [-0.3, -0.25) is 4.79 Å². The molecule has 0 aliphatic heterocycles. The summed E-state index contributed by atoms with van der Waals surface area (Å²) < 4.78 is 10.4. The first-order valence-electron chi connectivity index (χ1n) is 9.47. The number of carbonyl (C=O) groups is 2. The van der Waals surface area contributed by atoms with Gasteiger partial charge < -0.3 is 14.8 Å². The molecule has 0 aromatic heterocycles. The van der Waals surface area contributed by atoms with E-state index in [0.29, 0.717) is 18.4 Å². The number of hydrogen-bond acceptors (Lipinski definition) is 4. The van der Waals surface area contributed by atoms with E-state index in [-0.39, 0.29) is 18.6 Å². The number of rotatable bonds is 8. The zero-order valence-corrected chi connectivity index (χ0v) is 16.1. The third-order valence-electron chi connectivity index (χ3n) is 5.06. The number of benzene rings is 1. The highest BCUT2D eigenvalue weighted by Gasteiger charge is 2.28. The fraction of sp³-hybridized carbons (Fsp3) is 0.455. The van der Waals surface area contributed by atoms with Crippen LogP contribution in [-0.2, 0) is 14.3 Å². The van der Waals surface area contributed by atoms with Crippen LogP contribution in [0, 0.1) is 11.8 Å². The Balaban J connectivity index is 1.74. The SMILES string of the molecule is C=CCOc1ccc(/C=C/C(=O)OCC(=O)N[C@@H]2CCC[C@@H](C)[C@H]2C)cc1. The van der Waals surface area contributed by atoms with Gasteiger partial charge in [0.1, 0.15) is 12.4 Å². The Hall–Kier alpha value is -2.56. The molecule has 0 spiro atoms. The van der Waals surface area contributed by atoms with Crippen molar-refractivity contribution in [3.63, 3.8) is 0 Å². The Bertz CT molecular complexity index is 665. The van der Waals surface area contributed by atoms with E-state index in [4.69, 9.17) is 9.47 Å². The number of ether oxygens (including phenoxy) is 2. The van der Waals surface area contributed by atoms with Crippen molar-refractivity contribution in [2.75, 3.05) is 13.2 Å². The lowest BCUT2D eigenvalue weighted by molar-refractivity contribution is -0.144. The van der Waals surface area contributed by atoms with Gasteiger partial charge in [-0.2, -0.15) is 0 Å². The van der Waals surface area contributed by atoms with E-state index in [1.54, 1.807) is 12.2 Å². The Morgan fingerprint density at radius 2 is 1.96 bits per heavy atom. The van der Waals surface area contributed by atoms with Gasteiger partial charge >= 0.3 is 5.97 Å². The van der Waals surface area contributed by atoms with Crippen LogP contribution in [0.1, 0.15) is 38.7 Å². The summed E-state index contributed by atoms with van der Waals surface area (Å²) in [5.74, 6) is 0.992. The second-order valence-corrected chi connectivity index (χ2v) is 7.05. The minimum Gasteiger partial charge on any atom is -0.490 e. The van der Waals surface area contributed by atoms with Gasteiger partial charge in [-0.05, 0) is 42.0 Å². The topological polar surface area (TPSA) is 64.6 Å². The Kier molecular flexibility index (Phi) is 8.11. The molecule has 1 aliphatic carbocycles. The van der Waals surface area contributed by atoms with Crippen molar-refractivity contribution in [1.29, 1.82) is 0 Å². The van der Waals surface area contributed by atoms with E-state index >= 15 is 0 Å². The maximum absolute atomic E-state index is 12.0. The summed E-state index contributed by atoms with van der Waals surface area (Å²) in [6, 6.07) is 7.46. The van der Waals surface area contributed by atoms with E-state index in [2.05, 4.69) is 25.7 Å². The first-order valence-corrected chi connectivity index (χ1v) is 9.47. The normalized spacial score (nSPS) is 22.2. The smallest absolute Gasteiger partial charge is 0.331 e. The molecule has 1 aliphatic rings. The molecule has 0 heterocycles. The van der Waals surface area contributed by atoms with Crippen LogP contribution in [0.4, 0.5) is 0 Å². The van der Waals surface area contributed by atoms with Gasteiger partial charge in [-0.1, -0.05) is 51.5 Å². The van der Waals surface area contributed by atoms with Crippen molar-refractivity contribution >= 4 is 18.0 Å². The predicted octanol–water partition coefficient (Wildman–Crippen LogP) is 3.75. The largest absolute Gasteiger partial charge is 0.490 e. The fourth-order valence-corrected chi connectivity index (χ4v) is 3.21. The lowest BCUT2D eigenvalue weighted by Gasteiger charge is -2.34. The molecule has 5 nitrogen and oxygen atoms in total. The van der Waals surface area contributed by atoms with Crippen LogP contribution in [0.25, 0.3) is 6.08 Å². The van der Waals surface area contributed by atoms with Crippen molar-refractivity contribution in [1.82, 2.24) is 5.32 Å². The monoisotopic (exact) mass is 371 g/mol. The van der Waals surface area contributed by atoms with E-state index < -0.39 is 5.97 Å². The summed E-state index contributed by atoms with van der Waals surface area (Å²) in [5, 5.41) is 2.99. The molecule has 27 heavy (non-hydrogen) atoms. The number of carbonyl (C=O) groups excluding carboxylic acids is 2. The highest BCUT2D eigenvalue weighted by molar-refractivity contribution is 5.89. The molecule has 0 saturated heterocycles. The number of nitrogens with one attached hydrogen (secondary N) is 1. The summed E-state index contributed by atoms with van der Waals surface area (Å²) in [4.78, 5) is 23.8. The number of esters is 1. The van der Waals surface area contributed by atoms with Gasteiger partial charge in [0.25, 0.3) is 5.91 Å². The highest BCUT2D eigenvalue weighted by Crippen LogP contribution is 2.29. The first kappa shape index (κ1) is 20.7. The molecule has 146 valence electrons. The average molecular weight is 371 g/mol. The van der Waals surface area contributed by atoms with E-state index in [1.807, 2.05) is 24.3 Å². The van der Waals surface area contributed by atoms with Gasteiger partial charge in [0.05, 0.1) is 0 Å². The van der Waals surface area contributed by atoms with Gasteiger partial charge in [0.15, 0.2) is 6.61 Å². The van der Waals surface area contributed by atoms with Gasteiger partial charge in [0, 0.05) is 12.1 Å². The van der Waals surface area contributed by atoms with Crippen molar-refractivity contribution in [3.05, 3.63) is 48.6 Å². The lowest BCUT2D eigenvalue weighted by Crippen LogP contribution is -2.45. The molecular formula is C22H29NO4. The van der Waals surface area contributed by atoms with Crippen LogP contribution in [0.15, 0.2) is 43.0 Å². The molecule has 0 unspecified atom stereocenters. The van der Waals surface area contributed by atoms with Crippen molar-refractivity contribution in [2.24, 2.45) is 11.8 Å². The maximum Gasteiger partial charge on any atom is 0.331 e. The Labute approximate surface area is 161 Å². The Morgan fingerprint density at radius 1 is 1.22 bits per heavy atom. The second-order valence-electron chi connectivity index (χ2n) is 7.05. The maximum atomic E-state index is 12.0. The lowest BCUT2D eigenvalue weighted by atomic mass is 9.78. The van der Waals surface area contributed by atoms with Gasteiger partial charge in [-0.15, -0.1) is 0 Å². The fourth-order valence-electron chi connectivity index (χ4n) is 3.21. The summed E-state index contributed by atoms with van der Waals surface area (Å²) in [7, 11) is 0. The van der Waals surface area contributed by atoms with Crippen LogP contribution >= 0.6 is 0 Å². The van der Waals surface area contributed by atoms with Gasteiger partial charge in [0.2, 0.25) is 0 Å². The third kappa shape index (κ3) is 6.93. The van der Waals surface area contributed by atoms with Crippen LogP contribution in [0.2, 0.25) is 0 Å². The zero-order valence-electron chi connectivity index (χ0n) is 16.1. The summed E-state index contributed by atoms with van der Waals surface area (Å²) in [5.41, 5.74) is 0.840. The molecule has 2 rings (SSSR count). The quantitative estimate of drug-likeness (QED) is 0.429. The van der Waals surface area contributed by atoms with E-state index in [1.165, 1.54) is 12.5 Å². The standard InChI is InChI=1S/C22H29NO4/c1-4-14-26-19-11-8-18(9-12-19)10-13-22(25)27-15-21(24)23-20-7-5-6-16(2)17(20)3/h4,8-13,16-17,20H,1,5-7,14-15H2,2-3H3,(H,23,24)/b13-10+/t16-,17-,20-/m1/s1. The summed E-state index contributed by atoms with van der Waals surface area (Å²) in [6.45, 7) is 8.17. The third-order valence-corrected chi connectivity index (χ3v) is 5.06. The highest BCUT2D eigenvalue weighted by atomic mass is 16.5. The molecule has 1 fully saturated rings. The molecule has 1 aromatic carbocycles. The molecule has 1 amide bonds. The van der Waals surface area contributed by atoms with Crippen LogP contribution in [-0.4, -0.2) is 31.1 Å². The van der Waals surface area contributed by atoms with Crippen LogP contribution in [0.5, 0.6) is 5.75 Å². The van der Waals surface area contributed by atoms with E-state index in [9.17, 15) is 9.59 Å².